The number of rotatable bonds is 1. The first-order chi connectivity index (χ1) is 5.22. The maximum absolute atomic E-state index is 8.23. The molecule has 7 heteroatoms. The number of nitriles is 1. The molecule has 1 rings (SSSR count). The molecule has 0 saturated carbocycles. The summed E-state index contributed by atoms with van der Waals surface area (Å²) in [4.78, 5) is 10.7. The van der Waals surface area contributed by atoms with Crippen molar-refractivity contribution < 1.29 is 0 Å². The summed E-state index contributed by atoms with van der Waals surface area (Å²) in [7, 11) is 0. The smallest absolute Gasteiger partial charge is 0.191 e. The summed E-state index contributed by atoms with van der Waals surface area (Å²) >= 11 is 11.6. The van der Waals surface area contributed by atoms with E-state index in [1.165, 1.54) is 0 Å². The fourth-order valence-corrected chi connectivity index (χ4v) is 1.21. The number of hydrogen-bond acceptors (Lipinski definition) is 5. The lowest BCUT2D eigenvalue weighted by Crippen LogP contribution is -1.90. The Morgan fingerprint density at radius 1 is 1.18 bits per heavy atom. The minimum Gasteiger partial charge on any atom is -0.191 e. The highest BCUT2D eigenvalue weighted by molar-refractivity contribution is 8.03. The Morgan fingerprint density at radius 3 is 2.18 bits per heavy atom. The van der Waals surface area contributed by atoms with E-state index in [9.17, 15) is 0 Å². The summed E-state index contributed by atoms with van der Waals surface area (Å²) in [6, 6.07) is 0. The molecule has 0 saturated heterocycles. The van der Waals surface area contributed by atoms with Crippen molar-refractivity contribution >= 4 is 35.0 Å². The van der Waals surface area contributed by atoms with E-state index in [4.69, 9.17) is 28.5 Å². The molecule has 1 aromatic rings. The molecule has 56 valence electrons. The fourth-order valence-electron chi connectivity index (χ4n) is 0.395. The molecule has 0 amide bonds. The third kappa shape index (κ3) is 2.50. The summed E-state index contributed by atoms with van der Waals surface area (Å²) in [5.74, 6) is 0. The second-order valence-electron chi connectivity index (χ2n) is 1.35. The molecule has 0 unspecified atom stereocenters. The van der Waals surface area contributed by atoms with Gasteiger partial charge in [-0.25, -0.2) is 0 Å². The van der Waals surface area contributed by atoms with Crippen LogP contribution in [0.15, 0.2) is 5.16 Å². The molecule has 4 nitrogen and oxygen atoms in total. The van der Waals surface area contributed by atoms with E-state index in [0.29, 0.717) is 0 Å². The molecule has 0 spiro atoms. The molecule has 0 atom stereocenters. The molecule has 0 aliphatic carbocycles. The standard InChI is InChI=1S/C4Cl2N4S/c5-2-8-3(6)10-4(9-2)11-1-7. The molecule has 0 aromatic carbocycles. The Balaban J connectivity index is 3.01. The van der Waals surface area contributed by atoms with Crippen molar-refractivity contribution in [3.63, 3.8) is 0 Å². The number of nitrogens with zero attached hydrogens (tertiary/aromatic N) is 4. The molecule has 0 bridgehead atoms. The monoisotopic (exact) mass is 206 g/mol. The number of halogens is 2. The highest BCUT2D eigenvalue weighted by atomic mass is 35.5. The third-order valence-corrected chi connectivity index (χ3v) is 1.49. The van der Waals surface area contributed by atoms with Crippen LogP contribution in [0.2, 0.25) is 10.6 Å². The molecule has 0 aliphatic rings. The van der Waals surface area contributed by atoms with Crippen molar-refractivity contribution in [3.8, 4) is 5.40 Å². The topological polar surface area (TPSA) is 62.5 Å². The zero-order valence-corrected chi connectivity index (χ0v) is 7.28. The van der Waals surface area contributed by atoms with Gasteiger partial charge in [-0.15, -0.1) is 0 Å². The van der Waals surface area contributed by atoms with Crippen LogP contribution < -0.4 is 0 Å². The van der Waals surface area contributed by atoms with Gasteiger partial charge in [0.2, 0.25) is 15.7 Å². The molecular weight excluding hydrogens is 207 g/mol. The lowest BCUT2D eigenvalue weighted by atomic mass is 11.1. The van der Waals surface area contributed by atoms with Crippen LogP contribution in [-0.2, 0) is 0 Å². The van der Waals surface area contributed by atoms with Gasteiger partial charge >= 0.3 is 0 Å². The van der Waals surface area contributed by atoms with Crippen LogP contribution in [0, 0.1) is 10.7 Å². The fraction of sp³-hybridized carbons (Fsp3) is 0. The van der Waals surface area contributed by atoms with E-state index in [0.717, 1.165) is 11.8 Å². The van der Waals surface area contributed by atoms with Gasteiger partial charge in [0, 0.05) is 11.8 Å². The summed E-state index contributed by atoms with van der Waals surface area (Å²) in [6.45, 7) is 0. The zero-order valence-electron chi connectivity index (χ0n) is 4.95. The van der Waals surface area contributed by atoms with E-state index < -0.39 is 0 Å². The molecule has 0 N–H and O–H groups in total. The molecule has 11 heavy (non-hydrogen) atoms. The summed E-state index contributed by atoms with van der Waals surface area (Å²) in [6.07, 6.45) is 0. The Kier molecular flexibility index (Phi) is 2.88. The first kappa shape index (κ1) is 8.53. The number of thiocyanates is 1. The average molecular weight is 207 g/mol. The quantitative estimate of drug-likeness (QED) is 0.518. The van der Waals surface area contributed by atoms with Crippen LogP contribution >= 0.6 is 35.0 Å². The van der Waals surface area contributed by atoms with Gasteiger partial charge in [-0.2, -0.15) is 20.2 Å². The number of aromatic nitrogens is 3. The second-order valence-corrected chi connectivity index (χ2v) is 2.78. The number of thioether (sulfide) groups is 1. The van der Waals surface area contributed by atoms with Gasteiger partial charge < -0.3 is 0 Å². The van der Waals surface area contributed by atoms with Crippen molar-refractivity contribution in [2.75, 3.05) is 0 Å². The highest BCUT2D eigenvalue weighted by Crippen LogP contribution is 2.14. The molecule has 0 aliphatic heterocycles. The van der Waals surface area contributed by atoms with Crippen LogP contribution in [-0.4, -0.2) is 15.0 Å². The Hall–Kier alpha value is -0.570. The molecular formula is C4Cl2N4S. The van der Waals surface area contributed by atoms with Crippen molar-refractivity contribution in [3.05, 3.63) is 10.6 Å². The Labute approximate surface area is 76.6 Å². The van der Waals surface area contributed by atoms with Crippen molar-refractivity contribution in [2.45, 2.75) is 5.16 Å². The summed E-state index contributed by atoms with van der Waals surface area (Å²) in [5.41, 5.74) is 0. The van der Waals surface area contributed by atoms with Crippen molar-refractivity contribution in [2.24, 2.45) is 0 Å². The third-order valence-electron chi connectivity index (χ3n) is 0.697. The predicted molar refractivity (Wildman–Crippen MR) is 41.3 cm³/mol. The van der Waals surface area contributed by atoms with Gasteiger partial charge in [0.15, 0.2) is 0 Å². The summed E-state index contributed by atoms with van der Waals surface area (Å²) in [5, 5.41) is 10.2. The molecule has 0 radical (unpaired) electrons. The Bertz CT molecular complexity index is 289. The van der Waals surface area contributed by atoms with Gasteiger partial charge in [0.25, 0.3) is 0 Å². The highest BCUT2D eigenvalue weighted by Gasteiger charge is 2.02. The van der Waals surface area contributed by atoms with Gasteiger partial charge in [-0.1, -0.05) is 0 Å². The average Bonchev–Trinajstić information content (AvgIpc) is 1.85. The van der Waals surface area contributed by atoms with Crippen molar-refractivity contribution in [1.82, 2.24) is 15.0 Å². The lowest BCUT2D eigenvalue weighted by Gasteiger charge is -1.92. The minimum absolute atomic E-state index is 0.0113. The van der Waals surface area contributed by atoms with Gasteiger partial charge in [-0.05, 0) is 23.2 Å². The SMILES string of the molecule is N#CSc1nc(Cl)nc(Cl)n1. The first-order valence-electron chi connectivity index (χ1n) is 2.35. The predicted octanol–water partition coefficient (Wildman–Crippen LogP) is 1.75. The van der Waals surface area contributed by atoms with E-state index in [1.807, 2.05) is 0 Å². The van der Waals surface area contributed by atoms with Gasteiger partial charge in [-0.3, -0.25) is 0 Å². The van der Waals surface area contributed by atoms with E-state index >= 15 is 0 Å². The number of hydrogen-bond donors (Lipinski definition) is 0. The zero-order chi connectivity index (χ0) is 8.27. The molecule has 1 heterocycles. The van der Waals surface area contributed by atoms with E-state index in [2.05, 4.69) is 15.0 Å². The van der Waals surface area contributed by atoms with Crippen LogP contribution in [0.25, 0.3) is 0 Å². The maximum Gasteiger partial charge on any atom is 0.227 e. The first-order valence-corrected chi connectivity index (χ1v) is 3.92. The van der Waals surface area contributed by atoms with Gasteiger partial charge in [0.1, 0.15) is 5.40 Å². The van der Waals surface area contributed by atoms with Crippen molar-refractivity contribution in [1.29, 1.82) is 5.26 Å². The summed E-state index contributed by atoms with van der Waals surface area (Å²) < 4.78 is 0. The van der Waals surface area contributed by atoms with E-state index in [1.54, 1.807) is 5.40 Å². The maximum atomic E-state index is 8.23. The molecule has 0 fully saturated rings. The van der Waals surface area contributed by atoms with Crippen LogP contribution in [0.3, 0.4) is 0 Å². The lowest BCUT2D eigenvalue weighted by molar-refractivity contribution is 0.907. The van der Waals surface area contributed by atoms with Gasteiger partial charge in [0.05, 0.1) is 0 Å². The normalized spacial score (nSPS) is 9.18. The minimum atomic E-state index is -0.0113. The molecule has 1 aromatic heterocycles. The van der Waals surface area contributed by atoms with Crippen LogP contribution in [0.5, 0.6) is 0 Å². The van der Waals surface area contributed by atoms with E-state index in [-0.39, 0.29) is 15.7 Å². The second kappa shape index (κ2) is 3.72. The van der Waals surface area contributed by atoms with Crippen LogP contribution in [0.1, 0.15) is 0 Å². The largest absolute Gasteiger partial charge is 0.227 e. The van der Waals surface area contributed by atoms with Crippen LogP contribution in [0.4, 0.5) is 0 Å². The Morgan fingerprint density at radius 2 is 1.73 bits per heavy atom.